The van der Waals surface area contributed by atoms with E-state index in [0.717, 1.165) is 18.8 Å². The van der Waals surface area contributed by atoms with Gasteiger partial charge in [-0.25, -0.2) is 0 Å². The monoisotopic (exact) mass is 219 g/mol. The minimum Gasteiger partial charge on any atom is -0.493 e. The van der Waals surface area contributed by atoms with E-state index in [1.807, 2.05) is 0 Å². The molecule has 1 aromatic rings. The third kappa shape index (κ3) is 2.22. The molecule has 2 heteroatoms. The van der Waals surface area contributed by atoms with Crippen molar-refractivity contribution in [2.24, 2.45) is 11.7 Å². The fraction of sp³-hybridized carbons (Fsp3) is 0.571. The average molecular weight is 219 g/mol. The van der Waals surface area contributed by atoms with Crippen LogP contribution in [-0.4, -0.2) is 6.61 Å². The smallest absolute Gasteiger partial charge is 0.122 e. The topological polar surface area (TPSA) is 35.2 Å². The molecular formula is C14H21NO. The number of nitrogens with two attached hydrogens (primary N) is 1. The highest BCUT2D eigenvalue weighted by Gasteiger charge is 2.18. The van der Waals surface area contributed by atoms with Crippen molar-refractivity contribution in [1.82, 2.24) is 0 Å². The molecule has 0 fully saturated rings. The fourth-order valence-corrected chi connectivity index (χ4v) is 2.38. The van der Waals surface area contributed by atoms with Crippen molar-refractivity contribution in [1.29, 1.82) is 0 Å². The van der Waals surface area contributed by atoms with Crippen molar-refractivity contribution in [2.45, 2.75) is 39.2 Å². The van der Waals surface area contributed by atoms with E-state index >= 15 is 0 Å². The largest absolute Gasteiger partial charge is 0.493 e. The summed E-state index contributed by atoms with van der Waals surface area (Å²) in [5.41, 5.74) is 8.85. The van der Waals surface area contributed by atoms with Crippen molar-refractivity contribution in [2.75, 3.05) is 6.61 Å². The van der Waals surface area contributed by atoms with Gasteiger partial charge in [0.2, 0.25) is 0 Å². The van der Waals surface area contributed by atoms with E-state index in [9.17, 15) is 0 Å². The Kier molecular flexibility index (Phi) is 3.49. The minimum absolute atomic E-state index is 0.158. The fourth-order valence-electron chi connectivity index (χ4n) is 2.38. The number of fused-ring (bicyclic) bond motifs is 1. The molecule has 2 rings (SSSR count). The second-order valence-corrected chi connectivity index (χ2v) is 4.76. The van der Waals surface area contributed by atoms with E-state index in [2.05, 4.69) is 32.0 Å². The van der Waals surface area contributed by atoms with Crippen molar-refractivity contribution < 1.29 is 4.74 Å². The number of benzene rings is 1. The molecule has 0 amide bonds. The molecule has 2 N–H and O–H groups in total. The Morgan fingerprint density at radius 2 is 2.25 bits per heavy atom. The lowest BCUT2D eigenvalue weighted by Gasteiger charge is -2.20. The minimum atomic E-state index is 0.158. The van der Waals surface area contributed by atoms with Crippen LogP contribution in [0.5, 0.6) is 5.75 Å². The Hall–Kier alpha value is -1.02. The molecule has 0 aliphatic carbocycles. The standard InChI is InChI=1S/C14H21NO/c1-3-4-10(2)14(15)12-5-6-13-11(9-12)7-8-16-13/h5-6,9-10,14H,3-4,7-8,15H2,1-2H3. The van der Waals surface area contributed by atoms with Gasteiger partial charge >= 0.3 is 0 Å². The molecule has 88 valence electrons. The van der Waals surface area contributed by atoms with Crippen LogP contribution in [-0.2, 0) is 6.42 Å². The average Bonchev–Trinajstić information content (AvgIpc) is 2.75. The predicted octanol–water partition coefficient (Wildman–Crippen LogP) is 3.06. The normalized spacial score (nSPS) is 17.7. The van der Waals surface area contributed by atoms with E-state index in [0.29, 0.717) is 5.92 Å². The Morgan fingerprint density at radius 3 is 3.00 bits per heavy atom. The summed E-state index contributed by atoms with van der Waals surface area (Å²) >= 11 is 0. The molecule has 0 spiro atoms. The molecule has 1 aliphatic rings. The first-order chi connectivity index (χ1) is 7.72. The molecule has 16 heavy (non-hydrogen) atoms. The lowest BCUT2D eigenvalue weighted by Crippen LogP contribution is -2.19. The lowest BCUT2D eigenvalue weighted by molar-refractivity contribution is 0.356. The van der Waals surface area contributed by atoms with Crippen molar-refractivity contribution in [3.63, 3.8) is 0 Å². The van der Waals surface area contributed by atoms with Gasteiger partial charge in [0.05, 0.1) is 6.61 Å². The first kappa shape index (κ1) is 11.5. The van der Waals surface area contributed by atoms with E-state index in [1.165, 1.54) is 24.0 Å². The Balaban J connectivity index is 2.14. The van der Waals surface area contributed by atoms with E-state index < -0.39 is 0 Å². The van der Waals surface area contributed by atoms with Gasteiger partial charge < -0.3 is 10.5 Å². The van der Waals surface area contributed by atoms with Crippen LogP contribution in [0.25, 0.3) is 0 Å². The van der Waals surface area contributed by atoms with Crippen LogP contribution in [0.3, 0.4) is 0 Å². The van der Waals surface area contributed by atoms with Crippen LogP contribution in [0.15, 0.2) is 18.2 Å². The molecule has 0 radical (unpaired) electrons. The van der Waals surface area contributed by atoms with E-state index in [4.69, 9.17) is 10.5 Å². The lowest BCUT2D eigenvalue weighted by atomic mass is 9.91. The van der Waals surface area contributed by atoms with Gasteiger partial charge in [0.1, 0.15) is 5.75 Å². The molecule has 1 heterocycles. The highest BCUT2D eigenvalue weighted by atomic mass is 16.5. The number of ether oxygens (including phenoxy) is 1. The van der Waals surface area contributed by atoms with Crippen molar-refractivity contribution in [3.05, 3.63) is 29.3 Å². The summed E-state index contributed by atoms with van der Waals surface area (Å²) in [6, 6.07) is 6.56. The van der Waals surface area contributed by atoms with Crippen LogP contribution >= 0.6 is 0 Å². The maximum atomic E-state index is 6.28. The van der Waals surface area contributed by atoms with Crippen LogP contribution in [0.2, 0.25) is 0 Å². The molecule has 0 saturated heterocycles. The zero-order chi connectivity index (χ0) is 11.5. The second kappa shape index (κ2) is 4.88. The van der Waals surface area contributed by atoms with Crippen LogP contribution in [0, 0.1) is 5.92 Å². The van der Waals surface area contributed by atoms with Gasteiger partial charge in [0.25, 0.3) is 0 Å². The molecule has 0 aromatic heterocycles. The third-order valence-corrected chi connectivity index (χ3v) is 3.46. The quantitative estimate of drug-likeness (QED) is 0.844. The number of rotatable bonds is 4. The van der Waals surface area contributed by atoms with Crippen LogP contribution in [0.1, 0.15) is 43.9 Å². The Morgan fingerprint density at radius 1 is 1.44 bits per heavy atom. The van der Waals surface area contributed by atoms with E-state index in [1.54, 1.807) is 0 Å². The Labute approximate surface area is 97.8 Å². The summed E-state index contributed by atoms with van der Waals surface area (Å²) < 4.78 is 5.50. The molecule has 2 atom stereocenters. The van der Waals surface area contributed by atoms with Crippen LogP contribution < -0.4 is 10.5 Å². The third-order valence-electron chi connectivity index (χ3n) is 3.46. The van der Waals surface area contributed by atoms with Gasteiger partial charge in [-0.2, -0.15) is 0 Å². The molecule has 0 bridgehead atoms. The zero-order valence-corrected chi connectivity index (χ0v) is 10.2. The highest BCUT2D eigenvalue weighted by molar-refractivity contribution is 5.40. The second-order valence-electron chi connectivity index (χ2n) is 4.76. The summed E-state index contributed by atoms with van der Waals surface area (Å²) in [6.45, 7) is 5.26. The molecule has 0 saturated carbocycles. The highest BCUT2D eigenvalue weighted by Crippen LogP contribution is 2.30. The molecule has 1 aliphatic heterocycles. The molecule has 2 nitrogen and oxygen atoms in total. The zero-order valence-electron chi connectivity index (χ0n) is 10.2. The maximum Gasteiger partial charge on any atom is 0.122 e. The van der Waals surface area contributed by atoms with E-state index in [-0.39, 0.29) is 6.04 Å². The summed E-state index contributed by atoms with van der Waals surface area (Å²) in [6.07, 6.45) is 3.41. The summed E-state index contributed by atoms with van der Waals surface area (Å²) in [7, 11) is 0. The van der Waals surface area contributed by atoms with Gasteiger partial charge in [-0.15, -0.1) is 0 Å². The van der Waals surface area contributed by atoms with Gasteiger partial charge in [0.15, 0.2) is 0 Å². The predicted molar refractivity (Wildman–Crippen MR) is 66.6 cm³/mol. The van der Waals surface area contributed by atoms with Crippen LogP contribution in [0.4, 0.5) is 0 Å². The van der Waals surface area contributed by atoms with Crippen molar-refractivity contribution in [3.8, 4) is 5.75 Å². The maximum absolute atomic E-state index is 6.28. The first-order valence-electron chi connectivity index (χ1n) is 6.23. The molecule has 1 aromatic carbocycles. The Bertz CT molecular complexity index is 362. The van der Waals surface area contributed by atoms with Gasteiger partial charge in [-0.3, -0.25) is 0 Å². The number of hydrogen-bond acceptors (Lipinski definition) is 2. The van der Waals surface area contributed by atoms with Gasteiger partial charge in [-0.1, -0.05) is 32.4 Å². The summed E-state index contributed by atoms with van der Waals surface area (Å²) in [4.78, 5) is 0. The van der Waals surface area contributed by atoms with Gasteiger partial charge in [0, 0.05) is 12.5 Å². The van der Waals surface area contributed by atoms with Gasteiger partial charge in [-0.05, 0) is 29.5 Å². The first-order valence-corrected chi connectivity index (χ1v) is 6.23. The summed E-state index contributed by atoms with van der Waals surface area (Å²) in [5, 5.41) is 0. The van der Waals surface area contributed by atoms with Crippen molar-refractivity contribution >= 4 is 0 Å². The SMILES string of the molecule is CCCC(C)C(N)c1ccc2c(c1)CCO2. The molecule has 2 unspecified atom stereocenters. The molecular weight excluding hydrogens is 198 g/mol. The number of hydrogen-bond donors (Lipinski definition) is 1. The summed E-state index contributed by atoms with van der Waals surface area (Å²) in [5.74, 6) is 1.59.